The number of nitrogens with zero attached hydrogens (tertiary/aromatic N) is 2. The molecule has 0 bridgehead atoms. The second kappa shape index (κ2) is 11.3. The van der Waals surface area contributed by atoms with Crippen molar-refractivity contribution in [2.45, 2.75) is 53.0 Å². The first-order valence-corrected chi connectivity index (χ1v) is 12.3. The molecule has 3 aromatic carbocycles. The van der Waals surface area contributed by atoms with Crippen LogP contribution in [-0.4, -0.2) is 27.8 Å². The Morgan fingerprint density at radius 1 is 0.917 bits per heavy atom. The molecule has 0 aliphatic carbocycles. The molecule has 0 saturated carbocycles. The van der Waals surface area contributed by atoms with Gasteiger partial charge in [-0.2, -0.15) is 4.98 Å². The van der Waals surface area contributed by atoms with E-state index >= 15 is 0 Å². The zero-order chi connectivity index (χ0) is 25.7. The van der Waals surface area contributed by atoms with E-state index in [1.165, 1.54) is 33.4 Å². The summed E-state index contributed by atoms with van der Waals surface area (Å²) < 4.78 is 5.84. The standard InChI is InChI=1S/C30H33N3O3/c1-19-13-20(2)15-26(14-19)27(17-24-6-5-21(3)22(4)16-24)30-32-29(33-36-30)25-9-7-23(8-10-25)18-31-12-11-28(34)35/h5-10,13-16,27,31H,11-12,17-18H2,1-4H3,(H,34,35). The normalized spacial score (nSPS) is 12.0. The van der Waals surface area contributed by atoms with E-state index in [9.17, 15) is 4.79 Å². The van der Waals surface area contributed by atoms with Gasteiger partial charge in [-0.1, -0.05) is 76.9 Å². The van der Waals surface area contributed by atoms with Gasteiger partial charge < -0.3 is 14.9 Å². The molecule has 4 rings (SSSR count). The molecule has 4 aromatic rings. The minimum atomic E-state index is -0.803. The number of nitrogens with one attached hydrogen (secondary N) is 1. The molecule has 0 aliphatic heterocycles. The fourth-order valence-electron chi connectivity index (χ4n) is 4.42. The zero-order valence-corrected chi connectivity index (χ0v) is 21.3. The van der Waals surface area contributed by atoms with E-state index < -0.39 is 5.97 Å². The molecule has 1 aromatic heterocycles. The van der Waals surface area contributed by atoms with Crippen molar-refractivity contribution in [1.82, 2.24) is 15.5 Å². The van der Waals surface area contributed by atoms with Gasteiger partial charge in [-0.05, 0) is 61.9 Å². The third kappa shape index (κ3) is 6.46. The van der Waals surface area contributed by atoms with E-state index in [-0.39, 0.29) is 12.3 Å². The van der Waals surface area contributed by atoms with Crippen LogP contribution in [0.15, 0.2) is 65.2 Å². The number of hydrogen-bond acceptors (Lipinski definition) is 5. The van der Waals surface area contributed by atoms with Crippen LogP contribution in [0.2, 0.25) is 0 Å². The van der Waals surface area contributed by atoms with Crippen LogP contribution in [0.3, 0.4) is 0 Å². The number of benzene rings is 3. The maximum atomic E-state index is 10.7. The van der Waals surface area contributed by atoms with Crippen LogP contribution in [-0.2, 0) is 17.8 Å². The molecule has 2 N–H and O–H groups in total. The summed E-state index contributed by atoms with van der Waals surface area (Å²) in [5.41, 5.74) is 9.33. The van der Waals surface area contributed by atoms with E-state index in [0.717, 1.165) is 17.5 Å². The Hall–Kier alpha value is -3.77. The second-order valence-electron chi connectivity index (χ2n) is 9.57. The van der Waals surface area contributed by atoms with E-state index in [4.69, 9.17) is 14.6 Å². The molecule has 0 fully saturated rings. The average molecular weight is 484 g/mol. The highest BCUT2D eigenvalue weighted by Gasteiger charge is 2.23. The molecular weight excluding hydrogens is 450 g/mol. The molecule has 1 unspecified atom stereocenters. The Balaban J connectivity index is 1.57. The number of hydrogen-bond donors (Lipinski definition) is 2. The maximum absolute atomic E-state index is 10.7. The van der Waals surface area contributed by atoms with Gasteiger partial charge in [0.25, 0.3) is 0 Å². The molecular formula is C30H33N3O3. The molecule has 186 valence electrons. The second-order valence-corrected chi connectivity index (χ2v) is 9.57. The Kier molecular flexibility index (Phi) is 7.96. The van der Waals surface area contributed by atoms with Gasteiger partial charge in [0.2, 0.25) is 11.7 Å². The van der Waals surface area contributed by atoms with Crippen LogP contribution in [0.4, 0.5) is 0 Å². The summed E-state index contributed by atoms with van der Waals surface area (Å²) in [5.74, 6) is 0.310. The predicted octanol–water partition coefficient (Wildman–Crippen LogP) is 5.91. The highest BCUT2D eigenvalue weighted by atomic mass is 16.5. The maximum Gasteiger partial charge on any atom is 0.304 e. The van der Waals surface area contributed by atoms with E-state index in [1.54, 1.807) is 0 Å². The third-order valence-corrected chi connectivity index (χ3v) is 6.45. The molecule has 6 heteroatoms. The highest BCUT2D eigenvalue weighted by Crippen LogP contribution is 2.31. The molecule has 0 radical (unpaired) electrons. The lowest BCUT2D eigenvalue weighted by Gasteiger charge is -2.16. The van der Waals surface area contributed by atoms with Gasteiger partial charge >= 0.3 is 5.97 Å². The summed E-state index contributed by atoms with van der Waals surface area (Å²) >= 11 is 0. The predicted molar refractivity (Wildman–Crippen MR) is 141 cm³/mol. The molecule has 1 atom stereocenters. The summed E-state index contributed by atoms with van der Waals surface area (Å²) in [7, 11) is 0. The smallest absolute Gasteiger partial charge is 0.304 e. The SMILES string of the molecule is Cc1cc(C)cc(C(Cc2ccc(C)c(C)c2)c2nc(-c3ccc(CNCCC(=O)O)cc3)no2)c1. The molecule has 1 heterocycles. The number of rotatable bonds is 10. The van der Waals surface area contributed by atoms with E-state index in [0.29, 0.717) is 24.8 Å². The van der Waals surface area contributed by atoms with Gasteiger partial charge in [0, 0.05) is 18.7 Å². The van der Waals surface area contributed by atoms with Crippen LogP contribution >= 0.6 is 0 Å². The summed E-state index contributed by atoms with van der Waals surface area (Å²) in [6.45, 7) is 9.53. The number of aliphatic carboxylic acids is 1. The van der Waals surface area contributed by atoms with Gasteiger partial charge in [0.05, 0.1) is 12.3 Å². The lowest BCUT2D eigenvalue weighted by atomic mass is 9.89. The number of carboxylic acid groups (broad SMARTS) is 1. The number of carboxylic acids is 1. The first kappa shape index (κ1) is 25.3. The van der Waals surface area contributed by atoms with Crippen molar-refractivity contribution in [2.75, 3.05) is 6.54 Å². The summed E-state index contributed by atoms with van der Waals surface area (Å²) in [4.78, 5) is 15.5. The first-order valence-electron chi connectivity index (χ1n) is 12.3. The van der Waals surface area contributed by atoms with Gasteiger partial charge in [-0.3, -0.25) is 4.79 Å². The molecule has 36 heavy (non-hydrogen) atoms. The fraction of sp³-hybridized carbons (Fsp3) is 0.300. The van der Waals surface area contributed by atoms with Crippen molar-refractivity contribution in [3.8, 4) is 11.4 Å². The first-order chi connectivity index (χ1) is 17.3. The highest BCUT2D eigenvalue weighted by molar-refractivity contribution is 5.66. The van der Waals surface area contributed by atoms with Crippen molar-refractivity contribution < 1.29 is 14.4 Å². The summed E-state index contributed by atoms with van der Waals surface area (Å²) in [6, 6.07) is 21.1. The van der Waals surface area contributed by atoms with Gasteiger partial charge in [0.15, 0.2) is 0 Å². The minimum Gasteiger partial charge on any atom is -0.481 e. The zero-order valence-electron chi connectivity index (χ0n) is 21.3. The van der Waals surface area contributed by atoms with Crippen molar-refractivity contribution in [3.05, 3.63) is 105 Å². The monoisotopic (exact) mass is 483 g/mol. The van der Waals surface area contributed by atoms with Gasteiger partial charge in [-0.15, -0.1) is 0 Å². The molecule has 0 aliphatic rings. The van der Waals surface area contributed by atoms with Crippen LogP contribution in [0, 0.1) is 27.7 Å². The molecule has 0 amide bonds. The quantitative estimate of drug-likeness (QED) is 0.273. The number of aryl methyl sites for hydroxylation is 4. The Labute approximate surface area is 212 Å². The van der Waals surface area contributed by atoms with E-state index in [1.807, 2.05) is 24.3 Å². The van der Waals surface area contributed by atoms with Crippen molar-refractivity contribution >= 4 is 5.97 Å². The van der Waals surface area contributed by atoms with Gasteiger partial charge in [0.1, 0.15) is 0 Å². The molecule has 0 saturated heterocycles. The van der Waals surface area contributed by atoms with Crippen LogP contribution < -0.4 is 5.32 Å². The van der Waals surface area contributed by atoms with Gasteiger partial charge in [-0.25, -0.2) is 0 Å². The topological polar surface area (TPSA) is 88.2 Å². The Morgan fingerprint density at radius 3 is 2.28 bits per heavy atom. The van der Waals surface area contributed by atoms with Crippen molar-refractivity contribution in [2.24, 2.45) is 0 Å². The Bertz CT molecular complexity index is 1320. The van der Waals surface area contributed by atoms with Crippen LogP contribution in [0.5, 0.6) is 0 Å². The summed E-state index contributed by atoms with van der Waals surface area (Å²) in [5, 5.41) is 16.2. The minimum absolute atomic E-state index is 0.0512. The lowest BCUT2D eigenvalue weighted by Crippen LogP contribution is -2.17. The fourth-order valence-corrected chi connectivity index (χ4v) is 4.42. The number of carbonyl (C=O) groups is 1. The lowest BCUT2D eigenvalue weighted by molar-refractivity contribution is -0.136. The summed E-state index contributed by atoms with van der Waals surface area (Å²) in [6.07, 6.45) is 0.875. The third-order valence-electron chi connectivity index (χ3n) is 6.45. The Morgan fingerprint density at radius 2 is 1.61 bits per heavy atom. The van der Waals surface area contributed by atoms with Crippen LogP contribution in [0.1, 0.15) is 57.2 Å². The van der Waals surface area contributed by atoms with E-state index in [2.05, 4.69) is 74.6 Å². The number of aromatic nitrogens is 2. The molecule has 0 spiro atoms. The van der Waals surface area contributed by atoms with Crippen molar-refractivity contribution in [1.29, 1.82) is 0 Å². The van der Waals surface area contributed by atoms with Crippen molar-refractivity contribution in [3.63, 3.8) is 0 Å². The largest absolute Gasteiger partial charge is 0.481 e. The average Bonchev–Trinajstić information content (AvgIpc) is 3.32. The molecule has 6 nitrogen and oxygen atoms in total. The van der Waals surface area contributed by atoms with Crippen LogP contribution in [0.25, 0.3) is 11.4 Å².